The van der Waals surface area contributed by atoms with Crippen LogP contribution in [-0.4, -0.2) is 11.3 Å². The first-order valence-electron chi connectivity index (χ1n) is 8.40. The van der Waals surface area contributed by atoms with Crippen LogP contribution in [0.25, 0.3) is 0 Å². The summed E-state index contributed by atoms with van der Waals surface area (Å²) in [5.41, 5.74) is 0.250. The molecule has 0 saturated heterocycles. The molecular formula is C18H26ClF2NO. The molecule has 0 aromatic heterocycles. The molecule has 0 heterocycles. The third kappa shape index (κ3) is 8.31. The third-order valence-corrected chi connectivity index (χ3v) is 4.23. The molecule has 0 aliphatic heterocycles. The van der Waals surface area contributed by atoms with Gasteiger partial charge in [0, 0.05) is 18.2 Å². The van der Waals surface area contributed by atoms with Gasteiger partial charge in [0.1, 0.15) is 17.0 Å². The fraction of sp³-hybridized carbons (Fsp3) is 0.611. The number of halogens is 3. The van der Waals surface area contributed by atoms with Crippen LogP contribution in [0.3, 0.4) is 0 Å². The Morgan fingerprint density at radius 2 is 1.78 bits per heavy atom. The van der Waals surface area contributed by atoms with Crippen molar-refractivity contribution < 1.29 is 13.6 Å². The number of alkyl halides is 1. The zero-order valence-electron chi connectivity index (χ0n) is 13.7. The van der Waals surface area contributed by atoms with Crippen molar-refractivity contribution in [3.8, 4) is 0 Å². The quantitative estimate of drug-likeness (QED) is 0.426. The second kappa shape index (κ2) is 11.4. The van der Waals surface area contributed by atoms with Crippen LogP contribution in [0.15, 0.2) is 18.2 Å². The molecule has 5 heteroatoms. The van der Waals surface area contributed by atoms with Crippen LogP contribution in [-0.2, 0) is 11.3 Å². The summed E-state index contributed by atoms with van der Waals surface area (Å²) >= 11 is 6.06. The maximum absolute atomic E-state index is 13.5. The molecule has 0 aliphatic carbocycles. The maximum atomic E-state index is 13.5. The standard InChI is InChI=1S/C18H26ClF2NO/c1-2-3-4-5-6-7-8-9-16(19)18(23)22-13-14-10-11-15(20)12-17(14)21/h10-12,16H,2-9,13H2,1H3,(H,22,23). The van der Waals surface area contributed by atoms with E-state index in [1.807, 2.05) is 0 Å². The Labute approximate surface area is 142 Å². The zero-order valence-corrected chi connectivity index (χ0v) is 14.5. The van der Waals surface area contributed by atoms with Gasteiger partial charge in [0.05, 0.1) is 0 Å². The summed E-state index contributed by atoms with van der Waals surface area (Å²) in [7, 11) is 0. The summed E-state index contributed by atoms with van der Waals surface area (Å²) < 4.78 is 26.3. The molecular weight excluding hydrogens is 320 g/mol. The van der Waals surface area contributed by atoms with E-state index in [4.69, 9.17) is 11.6 Å². The van der Waals surface area contributed by atoms with E-state index in [1.165, 1.54) is 44.2 Å². The van der Waals surface area contributed by atoms with Gasteiger partial charge in [0.25, 0.3) is 0 Å². The smallest absolute Gasteiger partial charge is 0.238 e. The molecule has 1 aromatic carbocycles. The van der Waals surface area contributed by atoms with E-state index in [-0.39, 0.29) is 18.0 Å². The SMILES string of the molecule is CCCCCCCCCC(Cl)C(=O)NCc1ccc(F)cc1F. The molecule has 0 radical (unpaired) electrons. The molecule has 1 N–H and O–H groups in total. The molecule has 0 spiro atoms. The van der Waals surface area contributed by atoms with E-state index in [2.05, 4.69) is 12.2 Å². The van der Waals surface area contributed by atoms with Crippen molar-refractivity contribution in [3.05, 3.63) is 35.4 Å². The number of carbonyl (C=O) groups excluding carboxylic acids is 1. The minimum atomic E-state index is -0.663. The van der Waals surface area contributed by atoms with Gasteiger partial charge >= 0.3 is 0 Å². The lowest BCUT2D eigenvalue weighted by molar-refractivity contribution is -0.121. The highest BCUT2D eigenvalue weighted by Gasteiger charge is 2.15. The summed E-state index contributed by atoms with van der Waals surface area (Å²) in [6, 6.07) is 3.30. The lowest BCUT2D eigenvalue weighted by Crippen LogP contribution is -2.31. The predicted octanol–water partition coefficient (Wildman–Crippen LogP) is 5.33. The summed E-state index contributed by atoms with van der Waals surface area (Å²) in [4.78, 5) is 11.9. The zero-order chi connectivity index (χ0) is 17.1. The number of amides is 1. The number of carbonyl (C=O) groups is 1. The maximum Gasteiger partial charge on any atom is 0.238 e. The van der Waals surface area contributed by atoms with E-state index < -0.39 is 17.0 Å². The van der Waals surface area contributed by atoms with Crippen molar-refractivity contribution in [3.63, 3.8) is 0 Å². The number of rotatable bonds is 11. The summed E-state index contributed by atoms with van der Waals surface area (Å²) in [5.74, 6) is -1.60. The Bertz CT molecular complexity index is 482. The Morgan fingerprint density at radius 1 is 1.13 bits per heavy atom. The van der Waals surface area contributed by atoms with Gasteiger partial charge in [-0.3, -0.25) is 4.79 Å². The number of unbranched alkanes of at least 4 members (excludes halogenated alkanes) is 6. The molecule has 1 aromatic rings. The topological polar surface area (TPSA) is 29.1 Å². The number of benzene rings is 1. The van der Waals surface area contributed by atoms with Crippen LogP contribution in [0.5, 0.6) is 0 Å². The number of hydrogen-bond acceptors (Lipinski definition) is 1. The first kappa shape index (κ1) is 19.9. The molecule has 23 heavy (non-hydrogen) atoms. The van der Waals surface area contributed by atoms with Gasteiger partial charge in [-0.2, -0.15) is 0 Å². The van der Waals surface area contributed by atoms with Crippen molar-refractivity contribution in [2.24, 2.45) is 0 Å². The molecule has 1 rings (SSSR count). The third-order valence-electron chi connectivity index (χ3n) is 3.81. The molecule has 130 valence electrons. The van der Waals surface area contributed by atoms with Crippen molar-refractivity contribution in [1.82, 2.24) is 5.32 Å². The van der Waals surface area contributed by atoms with E-state index >= 15 is 0 Å². The molecule has 1 atom stereocenters. The average Bonchev–Trinajstić information content (AvgIpc) is 2.52. The highest BCUT2D eigenvalue weighted by molar-refractivity contribution is 6.30. The molecule has 0 bridgehead atoms. The molecule has 0 aliphatic rings. The summed E-state index contributed by atoms with van der Waals surface area (Å²) in [5, 5.41) is 1.99. The Hall–Kier alpha value is -1.16. The van der Waals surface area contributed by atoms with Gasteiger partial charge in [-0.25, -0.2) is 8.78 Å². The number of nitrogens with one attached hydrogen (secondary N) is 1. The van der Waals surface area contributed by atoms with E-state index in [0.29, 0.717) is 6.42 Å². The van der Waals surface area contributed by atoms with Crippen LogP contribution in [0.1, 0.15) is 63.9 Å². The van der Waals surface area contributed by atoms with Gasteiger partial charge in [0.15, 0.2) is 0 Å². The first-order chi connectivity index (χ1) is 11.0. The highest BCUT2D eigenvalue weighted by Crippen LogP contribution is 2.13. The minimum absolute atomic E-state index is 0.0190. The fourth-order valence-electron chi connectivity index (χ4n) is 2.37. The van der Waals surface area contributed by atoms with Crippen LogP contribution in [0, 0.1) is 11.6 Å². The van der Waals surface area contributed by atoms with Gasteiger partial charge in [0.2, 0.25) is 5.91 Å². The van der Waals surface area contributed by atoms with Gasteiger partial charge in [-0.15, -0.1) is 11.6 Å². The van der Waals surface area contributed by atoms with Crippen molar-refractivity contribution in [2.45, 2.75) is 70.2 Å². The van der Waals surface area contributed by atoms with Gasteiger partial charge in [-0.05, 0) is 12.5 Å². The lowest BCUT2D eigenvalue weighted by Gasteiger charge is -2.11. The monoisotopic (exact) mass is 345 g/mol. The fourth-order valence-corrected chi connectivity index (χ4v) is 2.60. The van der Waals surface area contributed by atoms with E-state index in [1.54, 1.807) is 0 Å². The second-order valence-corrected chi connectivity index (χ2v) is 6.36. The van der Waals surface area contributed by atoms with Crippen LogP contribution < -0.4 is 5.32 Å². The van der Waals surface area contributed by atoms with Gasteiger partial charge in [-0.1, -0.05) is 57.9 Å². The second-order valence-electron chi connectivity index (χ2n) is 5.83. The van der Waals surface area contributed by atoms with Crippen LogP contribution in [0.2, 0.25) is 0 Å². The lowest BCUT2D eigenvalue weighted by atomic mass is 10.1. The van der Waals surface area contributed by atoms with Crippen molar-refractivity contribution >= 4 is 17.5 Å². The van der Waals surface area contributed by atoms with E-state index in [0.717, 1.165) is 18.9 Å². The first-order valence-corrected chi connectivity index (χ1v) is 8.84. The summed E-state index contributed by atoms with van der Waals surface area (Å²) in [6.07, 6.45) is 8.80. The van der Waals surface area contributed by atoms with Crippen LogP contribution in [0.4, 0.5) is 8.78 Å². The molecule has 2 nitrogen and oxygen atoms in total. The highest BCUT2D eigenvalue weighted by atomic mass is 35.5. The van der Waals surface area contributed by atoms with Crippen molar-refractivity contribution in [2.75, 3.05) is 0 Å². The van der Waals surface area contributed by atoms with Crippen molar-refractivity contribution in [1.29, 1.82) is 0 Å². The van der Waals surface area contributed by atoms with Gasteiger partial charge < -0.3 is 5.32 Å². The molecule has 0 fully saturated rings. The molecule has 0 saturated carbocycles. The Kier molecular flexibility index (Phi) is 9.85. The largest absolute Gasteiger partial charge is 0.351 e. The molecule has 1 unspecified atom stereocenters. The normalized spacial score (nSPS) is 12.2. The minimum Gasteiger partial charge on any atom is -0.351 e. The van der Waals surface area contributed by atoms with E-state index in [9.17, 15) is 13.6 Å². The van der Waals surface area contributed by atoms with Crippen LogP contribution >= 0.6 is 11.6 Å². The Balaban J connectivity index is 2.18. The number of hydrogen-bond donors (Lipinski definition) is 1. The average molecular weight is 346 g/mol. The predicted molar refractivity (Wildman–Crippen MR) is 90.5 cm³/mol. The summed E-state index contributed by atoms with van der Waals surface area (Å²) in [6.45, 7) is 2.21. The molecule has 1 amide bonds. The Morgan fingerprint density at radius 3 is 2.43 bits per heavy atom.